The van der Waals surface area contributed by atoms with Crippen molar-refractivity contribution < 1.29 is 4.79 Å². The van der Waals surface area contributed by atoms with Crippen LogP contribution < -0.4 is 10.6 Å². The summed E-state index contributed by atoms with van der Waals surface area (Å²) in [6.45, 7) is 6.75. The van der Waals surface area contributed by atoms with Crippen molar-refractivity contribution in [1.82, 2.24) is 10.6 Å². The molecule has 0 radical (unpaired) electrons. The maximum absolute atomic E-state index is 11.9. The van der Waals surface area contributed by atoms with Gasteiger partial charge in [-0.15, -0.1) is 12.4 Å². The van der Waals surface area contributed by atoms with Crippen LogP contribution in [0.4, 0.5) is 0 Å². The molecule has 0 spiro atoms. The highest BCUT2D eigenvalue weighted by Crippen LogP contribution is 2.15. The van der Waals surface area contributed by atoms with E-state index in [1.807, 2.05) is 0 Å². The van der Waals surface area contributed by atoms with Crippen molar-refractivity contribution in [2.45, 2.75) is 26.2 Å². The first kappa shape index (κ1) is 16.0. The molecule has 19 heavy (non-hydrogen) atoms. The number of halogens is 1. The normalized spacial score (nSPS) is 19.6. The number of carbonyl (C=O) groups excluding carboxylic acids is 1. The number of benzene rings is 1. The molecule has 0 aromatic heterocycles. The Morgan fingerprint density at radius 2 is 2.11 bits per heavy atom. The highest BCUT2D eigenvalue weighted by molar-refractivity contribution is 5.85. The second-order valence-corrected chi connectivity index (χ2v) is 5.25. The van der Waals surface area contributed by atoms with Crippen molar-refractivity contribution in [3.8, 4) is 0 Å². The van der Waals surface area contributed by atoms with Crippen LogP contribution in [-0.2, 0) is 4.79 Å². The highest BCUT2D eigenvalue weighted by atomic mass is 35.5. The smallest absolute Gasteiger partial charge is 0.224 e. The standard InChI is InChI=1S/C15H22N2O.ClH/c1-11-3-5-13(6-4-11)12(2)9-17-15(18)14-7-8-16-10-14;/h3-6,12,14,16H,7-10H2,1-2H3,(H,17,18);1H. The van der Waals surface area contributed by atoms with E-state index in [2.05, 4.69) is 48.7 Å². The molecule has 1 aliphatic heterocycles. The maximum Gasteiger partial charge on any atom is 0.224 e. The number of hydrogen-bond acceptors (Lipinski definition) is 2. The number of carbonyl (C=O) groups is 1. The van der Waals surface area contributed by atoms with Gasteiger partial charge in [0.15, 0.2) is 0 Å². The summed E-state index contributed by atoms with van der Waals surface area (Å²) in [6, 6.07) is 8.52. The Bertz CT molecular complexity index is 399. The van der Waals surface area contributed by atoms with Gasteiger partial charge in [-0.25, -0.2) is 0 Å². The Morgan fingerprint density at radius 1 is 1.42 bits per heavy atom. The van der Waals surface area contributed by atoms with E-state index < -0.39 is 0 Å². The van der Waals surface area contributed by atoms with Gasteiger partial charge in [0.2, 0.25) is 5.91 Å². The summed E-state index contributed by atoms with van der Waals surface area (Å²) in [5, 5.41) is 6.28. The van der Waals surface area contributed by atoms with Gasteiger partial charge in [0.25, 0.3) is 0 Å². The molecule has 1 fully saturated rings. The van der Waals surface area contributed by atoms with Crippen LogP contribution in [0.25, 0.3) is 0 Å². The molecule has 0 aliphatic carbocycles. The van der Waals surface area contributed by atoms with Crippen LogP contribution in [-0.4, -0.2) is 25.5 Å². The minimum Gasteiger partial charge on any atom is -0.355 e. The summed E-state index contributed by atoms with van der Waals surface area (Å²) in [6.07, 6.45) is 0.963. The third-order valence-electron chi connectivity index (χ3n) is 3.66. The zero-order chi connectivity index (χ0) is 13.0. The molecule has 2 rings (SSSR count). The molecule has 2 unspecified atom stereocenters. The van der Waals surface area contributed by atoms with E-state index in [1.165, 1.54) is 11.1 Å². The molecule has 3 nitrogen and oxygen atoms in total. The topological polar surface area (TPSA) is 41.1 Å². The Labute approximate surface area is 121 Å². The Hall–Kier alpha value is -1.06. The van der Waals surface area contributed by atoms with Crippen LogP contribution in [0.1, 0.15) is 30.4 Å². The van der Waals surface area contributed by atoms with Crippen LogP contribution >= 0.6 is 12.4 Å². The lowest BCUT2D eigenvalue weighted by Crippen LogP contribution is -2.34. The third-order valence-corrected chi connectivity index (χ3v) is 3.66. The van der Waals surface area contributed by atoms with Crippen molar-refractivity contribution in [3.63, 3.8) is 0 Å². The number of rotatable bonds is 4. The average Bonchev–Trinajstić information content (AvgIpc) is 2.90. The van der Waals surface area contributed by atoms with Gasteiger partial charge in [-0.05, 0) is 31.4 Å². The summed E-state index contributed by atoms with van der Waals surface area (Å²) in [7, 11) is 0. The zero-order valence-electron chi connectivity index (χ0n) is 11.6. The van der Waals surface area contributed by atoms with Gasteiger partial charge in [0.1, 0.15) is 0 Å². The molecule has 1 aromatic rings. The Kier molecular flexibility index (Phi) is 6.32. The Balaban J connectivity index is 0.00000180. The fraction of sp³-hybridized carbons (Fsp3) is 0.533. The summed E-state index contributed by atoms with van der Waals surface area (Å²) < 4.78 is 0. The molecule has 0 saturated carbocycles. The average molecular weight is 283 g/mol. The summed E-state index contributed by atoms with van der Waals surface area (Å²) >= 11 is 0. The second-order valence-electron chi connectivity index (χ2n) is 5.25. The van der Waals surface area contributed by atoms with Crippen LogP contribution in [0.3, 0.4) is 0 Å². The summed E-state index contributed by atoms with van der Waals surface area (Å²) in [5.41, 5.74) is 2.55. The van der Waals surface area contributed by atoms with Crippen molar-refractivity contribution in [1.29, 1.82) is 0 Å². The first-order valence-corrected chi connectivity index (χ1v) is 6.72. The van der Waals surface area contributed by atoms with E-state index in [1.54, 1.807) is 0 Å². The quantitative estimate of drug-likeness (QED) is 0.889. The van der Waals surface area contributed by atoms with Crippen LogP contribution in [0.15, 0.2) is 24.3 Å². The van der Waals surface area contributed by atoms with E-state index in [4.69, 9.17) is 0 Å². The monoisotopic (exact) mass is 282 g/mol. The molecule has 106 valence electrons. The molecule has 0 bridgehead atoms. The largest absolute Gasteiger partial charge is 0.355 e. The van der Waals surface area contributed by atoms with Crippen molar-refractivity contribution in [2.24, 2.45) is 5.92 Å². The molecule has 2 N–H and O–H groups in total. The van der Waals surface area contributed by atoms with Gasteiger partial charge in [-0.3, -0.25) is 4.79 Å². The second kappa shape index (κ2) is 7.51. The molecule has 1 amide bonds. The van der Waals surface area contributed by atoms with Gasteiger partial charge >= 0.3 is 0 Å². The number of nitrogens with one attached hydrogen (secondary N) is 2. The van der Waals surface area contributed by atoms with Crippen molar-refractivity contribution in [2.75, 3.05) is 19.6 Å². The zero-order valence-corrected chi connectivity index (χ0v) is 12.4. The minimum absolute atomic E-state index is 0. The molecule has 4 heteroatoms. The third kappa shape index (κ3) is 4.51. The lowest BCUT2D eigenvalue weighted by atomic mass is 9.99. The predicted molar refractivity (Wildman–Crippen MR) is 80.8 cm³/mol. The molecular weight excluding hydrogens is 260 g/mol. The SMILES string of the molecule is Cc1ccc(C(C)CNC(=O)C2CCNC2)cc1.Cl. The first-order valence-electron chi connectivity index (χ1n) is 6.72. The molecular formula is C15H23ClN2O. The van der Waals surface area contributed by atoms with Gasteiger partial charge in [0, 0.05) is 13.1 Å². The molecule has 1 heterocycles. The van der Waals surface area contributed by atoms with Crippen LogP contribution in [0.5, 0.6) is 0 Å². The fourth-order valence-electron chi connectivity index (χ4n) is 2.29. The number of amides is 1. The lowest BCUT2D eigenvalue weighted by molar-refractivity contribution is -0.124. The van der Waals surface area contributed by atoms with E-state index in [0.717, 1.165) is 26.1 Å². The summed E-state index contributed by atoms with van der Waals surface area (Å²) in [5.74, 6) is 0.720. The van der Waals surface area contributed by atoms with E-state index in [0.29, 0.717) is 5.92 Å². The summed E-state index contributed by atoms with van der Waals surface area (Å²) in [4.78, 5) is 11.9. The van der Waals surface area contributed by atoms with Gasteiger partial charge in [0.05, 0.1) is 5.92 Å². The van der Waals surface area contributed by atoms with E-state index >= 15 is 0 Å². The molecule has 1 aromatic carbocycles. The molecule has 1 saturated heterocycles. The van der Waals surface area contributed by atoms with Gasteiger partial charge in [-0.2, -0.15) is 0 Å². The minimum atomic E-state index is 0. The molecule has 1 aliphatic rings. The first-order chi connectivity index (χ1) is 8.66. The van der Waals surface area contributed by atoms with Gasteiger partial charge < -0.3 is 10.6 Å². The van der Waals surface area contributed by atoms with Crippen LogP contribution in [0.2, 0.25) is 0 Å². The van der Waals surface area contributed by atoms with Crippen molar-refractivity contribution >= 4 is 18.3 Å². The van der Waals surface area contributed by atoms with E-state index in [9.17, 15) is 4.79 Å². The highest BCUT2D eigenvalue weighted by Gasteiger charge is 2.22. The fourth-order valence-corrected chi connectivity index (χ4v) is 2.29. The molecule has 2 atom stereocenters. The van der Waals surface area contributed by atoms with Crippen LogP contribution in [0, 0.1) is 12.8 Å². The van der Waals surface area contributed by atoms with E-state index in [-0.39, 0.29) is 24.2 Å². The lowest BCUT2D eigenvalue weighted by Gasteiger charge is -2.15. The number of hydrogen-bond donors (Lipinski definition) is 2. The van der Waals surface area contributed by atoms with Crippen molar-refractivity contribution in [3.05, 3.63) is 35.4 Å². The van der Waals surface area contributed by atoms with Gasteiger partial charge in [-0.1, -0.05) is 36.8 Å². The predicted octanol–water partition coefficient (Wildman–Crippen LogP) is 2.25. The Morgan fingerprint density at radius 3 is 2.68 bits per heavy atom. The number of aryl methyl sites for hydroxylation is 1. The maximum atomic E-state index is 11.9.